The summed E-state index contributed by atoms with van der Waals surface area (Å²) in [5.41, 5.74) is -1.15. The van der Waals surface area contributed by atoms with Crippen molar-refractivity contribution in [3.8, 4) is 0 Å². The first-order valence-electron chi connectivity index (χ1n) is 9.64. The van der Waals surface area contributed by atoms with Crippen molar-refractivity contribution >= 4 is 50.8 Å². The van der Waals surface area contributed by atoms with E-state index in [1.165, 1.54) is 24.0 Å². The fraction of sp³-hybridized carbons (Fsp3) is 0.182. The second-order valence-electron chi connectivity index (χ2n) is 7.00. The van der Waals surface area contributed by atoms with E-state index in [1.54, 1.807) is 30.5 Å². The molecule has 1 atom stereocenters. The Bertz CT molecular complexity index is 1370. The number of halogens is 5. The number of benzene rings is 2. The molecule has 0 bridgehead atoms. The lowest BCUT2D eigenvalue weighted by molar-refractivity contribution is -0.137. The molecule has 0 aliphatic carbocycles. The number of ether oxygens (including phenoxy) is 1. The van der Waals surface area contributed by atoms with Gasteiger partial charge in [0.2, 0.25) is 15.8 Å². The summed E-state index contributed by atoms with van der Waals surface area (Å²) in [6.45, 7) is 0. The third-order valence-corrected chi connectivity index (χ3v) is 7.52. The van der Waals surface area contributed by atoms with Crippen LogP contribution in [-0.4, -0.2) is 32.6 Å². The summed E-state index contributed by atoms with van der Waals surface area (Å²) in [6, 6.07) is 10.2. The molecule has 0 radical (unpaired) electrons. The summed E-state index contributed by atoms with van der Waals surface area (Å²) in [5.74, 6) is -0.520. The average molecular weight is 565 g/mol. The molecular formula is C22H17Cl2F3N2O4S2. The zero-order valence-electron chi connectivity index (χ0n) is 18.1. The Morgan fingerprint density at radius 2 is 1.83 bits per heavy atom. The Morgan fingerprint density at radius 1 is 1.14 bits per heavy atom. The van der Waals surface area contributed by atoms with E-state index in [4.69, 9.17) is 27.9 Å². The van der Waals surface area contributed by atoms with Crippen LogP contribution in [0, 0.1) is 0 Å². The van der Waals surface area contributed by atoms with Gasteiger partial charge in [-0.25, -0.2) is 8.42 Å². The molecule has 35 heavy (non-hydrogen) atoms. The lowest BCUT2D eigenvalue weighted by Crippen LogP contribution is -2.31. The number of nitrogens with zero attached hydrogens (tertiary/aromatic N) is 1. The summed E-state index contributed by atoms with van der Waals surface area (Å²) < 4.78 is 73.0. The number of methoxy groups -OCH3 is 1. The molecule has 1 heterocycles. The highest BCUT2D eigenvalue weighted by Gasteiger charge is 2.35. The molecule has 3 rings (SSSR count). The van der Waals surface area contributed by atoms with Gasteiger partial charge < -0.3 is 4.74 Å². The van der Waals surface area contributed by atoms with E-state index in [2.05, 4.69) is 9.71 Å². The fourth-order valence-electron chi connectivity index (χ4n) is 3.14. The topological polar surface area (TPSA) is 85.4 Å². The maximum absolute atomic E-state index is 13.3. The van der Waals surface area contributed by atoms with Crippen molar-refractivity contribution in [3.63, 3.8) is 0 Å². The van der Waals surface area contributed by atoms with Crippen molar-refractivity contribution in [2.75, 3.05) is 13.4 Å². The van der Waals surface area contributed by atoms with Crippen molar-refractivity contribution in [3.05, 3.63) is 87.2 Å². The first-order chi connectivity index (χ1) is 16.4. The minimum atomic E-state index is -4.87. The summed E-state index contributed by atoms with van der Waals surface area (Å²) in [4.78, 5) is 17.4. The minimum Gasteiger partial charge on any atom is -0.361 e. The number of sulfonamides is 1. The van der Waals surface area contributed by atoms with Gasteiger partial charge in [0.1, 0.15) is 11.9 Å². The van der Waals surface area contributed by atoms with Crippen LogP contribution in [0.3, 0.4) is 0 Å². The Hall–Kier alpha value is -2.15. The van der Waals surface area contributed by atoms with Crippen molar-refractivity contribution in [2.45, 2.75) is 22.2 Å². The van der Waals surface area contributed by atoms with E-state index in [9.17, 15) is 26.4 Å². The third-order valence-electron chi connectivity index (χ3n) is 4.78. The number of hydrogen-bond acceptors (Lipinski definition) is 6. The first kappa shape index (κ1) is 27.4. The molecule has 186 valence electrons. The number of carbonyl (C=O) groups excluding carboxylic acids is 1. The number of hydrogen-bond donors (Lipinski definition) is 1. The van der Waals surface area contributed by atoms with E-state index in [0.29, 0.717) is 16.5 Å². The Balaban J connectivity index is 2.05. The monoisotopic (exact) mass is 564 g/mol. The van der Waals surface area contributed by atoms with Gasteiger partial charge in [-0.05, 0) is 42.7 Å². The number of thioether (sulfide) groups is 1. The van der Waals surface area contributed by atoms with Crippen LogP contribution in [0.2, 0.25) is 10.0 Å². The van der Waals surface area contributed by atoms with Gasteiger partial charge in [0, 0.05) is 29.3 Å². The van der Waals surface area contributed by atoms with Crippen LogP contribution in [0.1, 0.15) is 33.4 Å². The predicted molar refractivity (Wildman–Crippen MR) is 127 cm³/mol. The van der Waals surface area contributed by atoms with Gasteiger partial charge in [-0.1, -0.05) is 35.3 Å². The van der Waals surface area contributed by atoms with Crippen molar-refractivity contribution in [2.24, 2.45) is 0 Å². The molecule has 0 fully saturated rings. The predicted octanol–water partition coefficient (Wildman–Crippen LogP) is 5.98. The summed E-state index contributed by atoms with van der Waals surface area (Å²) in [5, 5.41) is -0.569. The number of carbonyl (C=O) groups is 1. The van der Waals surface area contributed by atoms with Crippen molar-refractivity contribution < 1.29 is 31.1 Å². The molecule has 0 saturated heterocycles. The van der Waals surface area contributed by atoms with Gasteiger partial charge in [0.15, 0.2) is 0 Å². The number of rotatable bonds is 8. The highest BCUT2D eigenvalue weighted by Crippen LogP contribution is 2.36. The van der Waals surface area contributed by atoms with Gasteiger partial charge in [0.05, 0.1) is 20.5 Å². The summed E-state index contributed by atoms with van der Waals surface area (Å²) in [6.07, 6.45) is -3.37. The van der Waals surface area contributed by atoms with E-state index < -0.39 is 43.7 Å². The van der Waals surface area contributed by atoms with Gasteiger partial charge in [-0.2, -0.15) is 17.9 Å². The van der Waals surface area contributed by atoms with Crippen molar-refractivity contribution in [1.29, 1.82) is 0 Å². The molecule has 2 aromatic carbocycles. The number of aromatic nitrogens is 1. The minimum absolute atomic E-state index is 0.0190. The van der Waals surface area contributed by atoms with Crippen LogP contribution in [-0.2, 0) is 20.9 Å². The Kier molecular flexibility index (Phi) is 8.51. The van der Waals surface area contributed by atoms with Gasteiger partial charge in [0.25, 0.3) is 0 Å². The number of ketones is 1. The SMILES string of the molecule is COC(NS(=O)(=O)c1ccc(Cl)c(C(F)(F)F)c1)c1cc(Cl)cnc1C(=O)c1ccccc1SC. The summed E-state index contributed by atoms with van der Waals surface area (Å²) >= 11 is 13.0. The van der Waals surface area contributed by atoms with Crippen LogP contribution < -0.4 is 4.72 Å². The molecule has 0 saturated carbocycles. The molecule has 3 aromatic rings. The highest BCUT2D eigenvalue weighted by atomic mass is 35.5. The zero-order valence-corrected chi connectivity index (χ0v) is 21.2. The molecule has 0 aliphatic heterocycles. The molecule has 0 aliphatic rings. The molecule has 1 N–H and O–H groups in total. The van der Waals surface area contributed by atoms with Crippen molar-refractivity contribution in [1.82, 2.24) is 9.71 Å². The zero-order chi connectivity index (χ0) is 26.0. The number of nitrogens with one attached hydrogen (secondary N) is 1. The summed E-state index contributed by atoms with van der Waals surface area (Å²) in [7, 11) is -3.42. The fourth-order valence-corrected chi connectivity index (χ4v) is 5.29. The van der Waals surface area contributed by atoms with Gasteiger partial charge in [-0.3, -0.25) is 9.78 Å². The van der Waals surface area contributed by atoms with Gasteiger partial charge >= 0.3 is 6.18 Å². The van der Waals surface area contributed by atoms with E-state index in [-0.39, 0.29) is 16.3 Å². The van der Waals surface area contributed by atoms with E-state index >= 15 is 0 Å². The molecule has 0 spiro atoms. The van der Waals surface area contributed by atoms with Crippen LogP contribution >= 0.6 is 35.0 Å². The highest BCUT2D eigenvalue weighted by molar-refractivity contribution is 7.98. The first-order valence-corrected chi connectivity index (χ1v) is 13.1. The third kappa shape index (κ3) is 6.16. The molecular weight excluding hydrogens is 548 g/mol. The molecule has 1 unspecified atom stereocenters. The standard InChI is InChI=1S/C22H17Cl2F3N2O4S2/c1-33-21(29-35(31,32)13-7-8-17(24)16(10-13)22(25,26)27)15-9-12(23)11-28-19(15)20(30)14-5-3-4-6-18(14)34-2/h3-11,21,29H,1-2H3. The maximum Gasteiger partial charge on any atom is 0.417 e. The van der Waals surface area contributed by atoms with Crippen LogP contribution in [0.15, 0.2) is 64.5 Å². The number of pyridine rings is 1. The van der Waals surface area contributed by atoms with E-state index in [1.807, 2.05) is 0 Å². The molecule has 6 nitrogen and oxygen atoms in total. The lowest BCUT2D eigenvalue weighted by atomic mass is 10.0. The maximum atomic E-state index is 13.3. The largest absolute Gasteiger partial charge is 0.417 e. The molecule has 13 heteroatoms. The smallest absolute Gasteiger partial charge is 0.361 e. The van der Waals surface area contributed by atoms with Crippen LogP contribution in [0.25, 0.3) is 0 Å². The lowest BCUT2D eigenvalue weighted by Gasteiger charge is -2.21. The second-order valence-corrected chi connectivity index (χ2v) is 10.4. The Morgan fingerprint density at radius 3 is 2.46 bits per heavy atom. The number of alkyl halides is 3. The van der Waals surface area contributed by atoms with E-state index in [0.717, 1.165) is 19.2 Å². The van der Waals surface area contributed by atoms with Crippen LogP contribution in [0.5, 0.6) is 0 Å². The second kappa shape index (κ2) is 10.9. The normalized spacial score (nSPS) is 13.0. The van der Waals surface area contributed by atoms with Crippen LogP contribution in [0.4, 0.5) is 13.2 Å². The Labute approximate surface area is 213 Å². The quantitative estimate of drug-likeness (QED) is 0.206. The average Bonchev–Trinajstić information content (AvgIpc) is 2.81. The van der Waals surface area contributed by atoms with Gasteiger partial charge in [-0.15, -0.1) is 11.8 Å². The molecule has 0 amide bonds. The molecule has 1 aromatic heterocycles.